The van der Waals surface area contributed by atoms with E-state index in [0.717, 1.165) is 63.4 Å². The van der Waals surface area contributed by atoms with Crippen molar-refractivity contribution in [3.05, 3.63) is 35.9 Å². The van der Waals surface area contributed by atoms with Gasteiger partial charge in [0, 0.05) is 18.9 Å². The molecule has 1 aromatic carbocycles. The lowest BCUT2D eigenvalue weighted by Gasteiger charge is -2.32. The summed E-state index contributed by atoms with van der Waals surface area (Å²) in [6.07, 6.45) is 9.99. The maximum absolute atomic E-state index is 13.0. The number of hydrogen-bond donors (Lipinski definition) is 5. The molecular weight excluding hydrogens is 510 g/mol. The van der Waals surface area contributed by atoms with E-state index in [1.54, 1.807) is 0 Å². The number of aliphatic hydroxyl groups is 1. The van der Waals surface area contributed by atoms with Crippen LogP contribution in [-0.4, -0.2) is 58.6 Å². The van der Waals surface area contributed by atoms with Crippen molar-refractivity contribution in [3.8, 4) is 0 Å². The molecule has 5 N–H and O–H groups in total. The summed E-state index contributed by atoms with van der Waals surface area (Å²) in [4.78, 5) is 50.0. The fourth-order valence-corrected chi connectivity index (χ4v) is 5.98. The predicted molar refractivity (Wildman–Crippen MR) is 152 cm³/mol. The molecule has 0 aliphatic heterocycles. The quantitative estimate of drug-likeness (QED) is 0.223. The largest absolute Gasteiger partial charge is 0.481 e. The number of nitrogens with one attached hydrogen (secondary N) is 3. The summed E-state index contributed by atoms with van der Waals surface area (Å²) in [5.41, 5.74) is 1.05. The van der Waals surface area contributed by atoms with Crippen LogP contribution < -0.4 is 16.0 Å². The smallest absolute Gasteiger partial charge is 0.303 e. The average molecular weight is 558 g/mol. The first kappa shape index (κ1) is 31.6. The Kier molecular flexibility index (Phi) is 13.4. The van der Waals surface area contributed by atoms with Crippen molar-refractivity contribution in [2.75, 3.05) is 6.54 Å². The van der Waals surface area contributed by atoms with Gasteiger partial charge in [-0.15, -0.1) is 0 Å². The molecule has 3 atom stereocenters. The van der Waals surface area contributed by atoms with Crippen LogP contribution in [0.2, 0.25) is 0 Å². The number of carbonyl (C=O) groups is 4. The number of amides is 3. The lowest BCUT2D eigenvalue weighted by Crippen LogP contribution is -2.51. The topological polar surface area (TPSA) is 145 Å². The zero-order valence-corrected chi connectivity index (χ0v) is 23.6. The first-order valence-corrected chi connectivity index (χ1v) is 15.1. The zero-order valence-electron chi connectivity index (χ0n) is 23.6. The van der Waals surface area contributed by atoms with Crippen molar-refractivity contribution in [3.63, 3.8) is 0 Å². The third-order valence-electron chi connectivity index (χ3n) is 8.33. The normalized spacial score (nSPS) is 18.7. The summed E-state index contributed by atoms with van der Waals surface area (Å²) in [5, 5.41) is 28.8. The first-order valence-electron chi connectivity index (χ1n) is 15.1. The van der Waals surface area contributed by atoms with Gasteiger partial charge < -0.3 is 26.2 Å². The van der Waals surface area contributed by atoms with Gasteiger partial charge in [0.1, 0.15) is 6.04 Å². The van der Waals surface area contributed by atoms with Crippen LogP contribution in [0.3, 0.4) is 0 Å². The minimum absolute atomic E-state index is 0.0444. The minimum Gasteiger partial charge on any atom is -0.481 e. The van der Waals surface area contributed by atoms with E-state index in [-0.39, 0.29) is 31.1 Å². The molecule has 0 radical (unpaired) electrons. The fraction of sp³-hybridized carbons (Fsp3) is 0.677. The highest BCUT2D eigenvalue weighted by Gasteiger charge is 2.31. The highest BCUT2D eigenvalue weighted by Crippen LogP contribution is 2.29. The molecule has 0 bridgehead atoms. The van der Waals surface area contributed by atoms with E-state index >= 15 is 0 Å². The second kappa shape index (κ2) is 17.0. The second-order valence-corrected chi connectivity index (χ2v) is 11.5. The lowest BCUT2D eigenvalue weighted by atomic mass is 9.82. The molecule has 2 aliphatic carbocycles. The van der Waals surface area contributed by atoms with Crippen molar-refractivity contribution < 1.29 is 29.4 Å². The maximum Gasteiger partial charge on any atom is 0.303 e. The Balaban J connectivity index is 1.57. The molecule has 0 saturated heterocycles. The Morgan fingerprint density at radius 2 is 1.52 bits per heavy atom. The van der Waals surface area contributed by atoms with E-state index in [9.17, 15) is 24.3 Å². The van der Waals surface area contributed by atoms with Crippen LogP contribution in [0.25, 0.3) is 0 Å². The van der Waals surface area contributed by atoms with Crippen molar-refractivity contribution >= 4 is 23.7 Å². The molecule has 222 valence electrons. The van der Waals surface area contributed by atoms with Gasteiger partial charge in [-0.05, 0) is 43.6 Å². The SMILES string of the molecule is O=C(O)CC[C@H](NC(=O)CC(O)C(CC1CCCCC1)NC(=O)C1CCCCC1)C(=O)NCCc1ccccc1. The maximum atomic E-state index is 13.0. The van der Waals surface area contributed by atoms with E-state index in [2.05, 4.69) is 16.0 Å². The summed E-state index contributed by atoms with van der Waals surface area (Å²) in [6, 6.07) is 8.08. The number of carboxylic acid groups (broad SMARTS) is 1. The number of aliphatic carboxylic acids is 1. The molecule has 0 aromatic heterocycles. The van der Waals surface area contributed by atoms with Crippen LogP contribution in [0.4, 0.5) is 0 Å². The molecule has 2 unspecified atom stereocenters. The fourth-order valence-electron chi connectivity index (χ4n) is 5.98. The standard InChI is InChI=1S/C31H47N3O6/c35-27(26(20-23-12-6-2-7-13-23)34-30(39)24-14-8-3-9-15-24)21-28(36)33-25(16-17-29(37)38)31(40)32-19-18-22-10-4-1-5-11-22/h1,4-5,10-11,23-27,35H,2-3,6-9,12-21H2,(H,32,40)(H,33,36)(H,34,39)(H,37,38)/t25-,26?,27?/m0/s1. The van der Waals surface area contributed by atoms with Crippen LogP contribution in [-0.2, 0) is 25.6 Å². The van der Waals surface area contributed by atoms with E-state index in [4.69, 9.17) is 5.11 Å². The molecule has 2 saturated carbocycles. The Morgan fingerprint density at radius 1 is 0.875 bits per heavy atom. The predicted octanol–water partition coefficient (Wildman–Crippen LogP) is 3.48. The molecule has 1 aromatic rings. The van der Waals surface area contributed by atoms with E-state index < -0.39 is 36.0 Å². The lowest BCUT2D eigenvalue weighted by molar-refractivity contribution is -0.138. The van der Waals surface area contributed by atoms with Crippen molar-refractivity contribution in [1.29, 1.82) is 0 Å². The van der Waals surface area contributed by atoms with Gasteiger partial charge in [-0.25, -0.2) is 0 Å². The van der Waals surface area contributed by atoms with Gasteiger partial charge in [-0.1, -0.05) is 81.7 Å². The van der Waals surface area contributed by atoms with E-state index in [1.165, 1.54) is 6.42 Å². The number of carboxylic acids is 1. The van der Waals surface area contributed by atoms with Crippen molar-refractivity contribution in [2.45, 2.75) is 114 Å². The third kappa shape index (κ3) is 11.3. The summed E-state index contributed by atoms with van der Waals surface area (Å²) in [6.45, 7) is 0.349. The van der Waals surface area contributed by atoms with Gasteiger partial charge in [-0.2, -0.15) is 0 Å². The number of rotatable bonds is 15. The van der Waals surface area contributed by atoms with E-state index in [0.29, 0.717) is 25.3 Å². The Morgan fingerprint density at radius 3 is 2.17 bits per heavy atom. The Bertz CT molecular complexity index is 944. The van der Waals surface area contributed by atoms with Gasteiger partial charge in [0.25, 0.3) is 0 Å². The number of benzene rings is 1. The highest BCUT2D eigenvalue weighted by atomic mass is 16.4. The van der Waals surface area contributed by atoms with Crippen molar-refractivity contribution in [1.82, 2.24) is 16.0 Å². The number of aliphatic hydroxyl groups excluding tert-OH is 1. The molecule has 0 heterocycles. The van der Waals surface area contributed by atoms with Gasteiger partial charge in [-0.3, -0.25) is 19.2 Å². The molecule has 3 rings (SSSR count). The molecule has 0 spiro atoms. The number of carbonyl (C=O) groups excluding carboxylic acids is 3. The summed E-state index contributed by atoms with van der Waals surface area (Å²) in [7, 11) is 0. The van der Waals surface area contributed by atoms with Crippen LogP contribution in [0.1, 0.15) is 95.5 Å². The molecule has 40 heavy (non-hydrogen) atoms. The molecule has 9 nitrogen and oxygen atoms in total. The van der Waals surface area contributed by atoms with Gasteiger partial charge >= 0.3 is 5.97 Å². The summed E-state index contributed by atoms with van der Waals surface area (Å²) >= 11 is 0. The Hall–Kier alpha value is -2.94. The molecular formula is C31H47N3O6. The second-order valence-electron chi connectivity index (χ2n) is 11.5. The van der Waals surface area contributed by atoms with Gasteiger partial charge in [0.05, 0.1) is 18.6 Å². The number of hydrogen-bond acceptors (Lipinski definition) is 5. The third-order valence-corrected chi connectivity index (χ3v) is 8.33. The molecule has 2 fully saturated rings. The zero-order chi connectivity index (χ0) is 28.7. The summed E-state index contributed by atoms with van der Waals surface area (Å²) in [5.74, 6) is -1.76. The van der Waals surface area contributed by atoms with Gasteiger partial charge in [0.15, 0.2) is 0 Å². The minimum atomic E-state index is -1.10. The van der Waals surface area contributed by atoms with Crippen LogP contribution in [0, 0.1) is 11.8 Å². The van der Waals surface area contributed by atoms with Crippen LogP contribution in [0.5, 0.6) is 0 Å². The summed E-state index contributed by atoms with van der Waals surface area (Å²) < 4.78 is 0. The first-order chi connectivity index (χ1) is 19.3. The van der Waals surface area contributed by atoms with Crippen molar-refractivity contribution in [2.24, 2.45) is 11.8 Å². The highest BCUT2D eigenvalue weighted by molar-refractivity contribution is 5.88. The van der Waals surface area contributed by atoms with Crippen LogP contribution >= 0.6 is 0 Å². The molecule has 9 heteroatoms. The molecule has 3 amide bonds. The van der Waals surface area contributed by atoms with E-state index in [1.807, 2.05) is 30.3 Å². The monoisotopic (exact) mass is 557 g/mol. The Labute approximate surface area is 237 Å². The molecule has 2 aliphatic rings. The van der Waals surface area contributed by atoms with Gasteiger partial charge in [0.2, 0.25) is 17.7 Å². The van der Waals surface area contributed by atoms with Crippen LogP contribution in [0.15, 0.2) is 30.3 Å². The average Bonchev–Trinajstić information content (AvgIpc) is 2.96.